The Balaban J connectivity index is 1.46. The van der Waals surface area contributed by atoms with Gasteiger partial charge in [0.15, 0.2) is 11.5 Å². The van der Waals surface area contributed by atoms with Crippen LogP contribution < -0.4 is 9.47 Å². The van der Waals surface area contributed by atoms with Gasteiger partial charge in [-0.3, -0.25) is 4.79 Å². The van der Waals surface area contributed by atoms with Gasteiger partial charge in [0.1, 0.15) is 18.9 Å². The van der Waals surface area contributed by atoms with E-state index in [0.29, 0.717) is 32.0 Å². The summed E-state index contributed by atoms with van der Waals surface area (Å²) in [4.78, 5) is 19.9. The lowest BCUT2D eigenvalue weighted by Crippen LogP contribution is -2.31. The minimum absolute atomic E-state index is 0.107. The van der Waals surface area contributed by atoms with Gasteiger partial charge in [-0.1, -0.05) is 60.7 Å². The van der Waals surface area contributed by atoms with Crippen molar-refractivity contribution in [2.45, 2.75) is 13.1 Å². The minimum Gasteiger partial charge on any atom is -0.486 e. The number of ether oxygens (including phenoxy) is 2. The molecule has 0 saturated heterocycles. The molecule has 1 aromatic heterocycles. The molecular formula is C26H22N2O3. The average molecular weight is 410 g/mol. The van der Waals surface area contributed by atoms with Gasteiger partial charge in [0.2, 0.25) is 0 Å². The van der Waals surface area contributed by atoms with Crippen LogP contribution >= 0.6 is 0 Å². The molecule has 0 atom stereocenters. The number of aromatic nitrogens is 1. The topological polar surface area (TPSA) is 51.7 Å². The zero-order valence-corrected chi connectivity index (χ0v) is 17.0. The van der Waals surface area contributed by atoms with Crippen molar-refractivity contribution >= 4 is 16.8 Å². The second-order valence-electron chi connectivity index (χ2n) is 7.51. The van der Waals surface area contributed by atoms with E-state index in [4.69, 9.17) is 9.47 Å². The van der Waals surface area contributed by atoms with Gasteiger partial charge < -0.3 is 14.4 Å². The highest BCUT2D eigenvalue weighted by molar-refractivity contribution is 5.94. The Bertz CT molecular complexity index is 1220. The van der Waals surface area contributed by atoms with E-state index in [1.807, 2.05) is 83.8 Å². The Morgan fingerprint density at radius 2 is 1.52 bits per heavy atom. The molecule has 1 aliphatic heterocycles. The third-order valence-corrected chi connectivity index (χ3v) is 5.30. The number of fused-ring (bicyclic) bond motifs is 2. The van der Waals surface area contributed by atoms with Gasteiger partial charge in [-0.2, -0.15) is 0 Å². The predicted octanol–water partition coefficient (Wildman–Crippen LogP) is 4.85. The van der Waals surface area contributed by atoms with Gasteiger partial charge in [0.05, 0.1) is 5.52 Å². The van der Waals surface area contributed by atoms with E-state index >= 15 is 0 Å². The molecule has 0 fully saturated rings. The van der Waals surface area contributed by atoms with Crippen LogP contribution in [0.25, 0.3) is 10.9 Å². The first-order valence-electron chi connectivity index (χ1n) is 10.3. The molecule has 0 radical (unpaired) electrons. The SMILES string of the molecule is O=C(c1ccc2ccccc2n1)N(Cc1ccccc1)Cc1ccc2c(c1)OCCO2. The number of para-hydroxylation sites is 1. The van der Waals surface area contributed by atoms with E-state index in [2.05, 4.69) is 4.98 Å². The number of nitrogens with zero attached hydrogens (tertiary/aromatic N) is 2. The van der Waals surface area contributed by atoms with Gasteiger partial charge in [0.25, 0.3) is 5.91 Å². The number of carbonyl (C=O) groups is 1. The van der Waals surface area contributed by atoms with Crippen molar-refractivity contribution in [3.63, 3.8) is 0 Å². The smallest absolute Gasteiger partial charge is 0.273 e. The number of rotatable bonds is 5. The van der Waals surface area contributed by atoms with Crippen LogP contribution in [0.1, 0.15) is 21.6 Å². The second-order valence-corrected chi connectivity index (χ2v) is 7.51. The largest absolute Gasteiger partial charge is 0.486 e. The fraction of sp³-hybridized carbons (Fsp3) is 0.154. The van der Waals surface area contributed by atoms with Gasteiger partial charge >= 0.3 is 0 Å². The van der Waals surface area contributed by atoms with Crippen molar-refractivity contribution in [3.8, 4) is 11.5 Å². The highest BCUT2D eigenvalue weighted by Gasteiger charge is 2.20. The summed E-state index contributed by atoms with van der Waals surface area (Å²) >= 11 is 0. The molecule has 0 bridgehead atoms. The molecule has 0 aliphatic carbocycles. The quantitative estimate of drug-likeness (QED) is 0.472. The second kappa shape index (κ2) is 8.48. The maximum atomic E-state index is 13.5. The van der Waals surface area contributed by atoms with Crippen LogP contribution in [0.15, 0.2) is 84.9 Å². The van der Waals surface area contributed by atoms with Crippen LogP contribution in [0.4, 0.5) is 0 Å². The van der Waals surface area contributed by atoms with Crippen molar-refractivity contribution in [3.05, 3.63) is 102 Å². The molecule has 0 unspecified atom stereocenters. The number of hydrogen-bond acceptors (Lipinski definition) is 4. The summed E-state index contributed by atoms with van der Waals surface area (Å²) in [6, 6.07) is 27.4. The Labute approximate surface area is 180 Å². The highest BCUT2D eigenvalue weighted by atomic mass is 16.6. The molecule has 4 aromatic rings. The summed E-state index contributed by atoms with van der Waals surface area (Å²) in [7, 11) is 0. The monoisotopic (exact) mass is 410 g/mol. The number of pyridine rings is 1. The molecule has 2 heterocycles. The molecular weight excluding hydrogens is 388 g/mol. The lowest BCUT2D eigenvalue weighted by Gasteiger charge is -2.24. The standard InChI is InChI=1S/C26H22N2O3/c29-26(23-12-11-21-8-4-5-9-22(21)27-23)28(17-19-6-2-1-3-7-19)18-20-10-13-24-25(16-20)31-15-14-30-24/h1-13,16H,14-15,17-18H2. The lowest BCUT2D eigenvalue weighted by atomic mass is 10.1. The average Bonchev–Trinajstić information content (AvgIpc) is 2.83. The van der Waals surface area contributed by atoms with Crippen LogP contribution in [0, 0.1) is 0 Å². The number of hydrogen-bond donors (Lipinski definition) is 0. The van der Waals surface area contributed by atoms with Gasteiger partial charge in [-0.25, -0.2) is 4.98 Å². The van der Waals surface area contributed by atoms with Gasteiger partial charge in [-0.15, -0.1) is 0 Å². The molecule has 5 rings (SSSR count). The molecule has 0 spiro atoms. The summed E-state index contributed by atoms with van der Waals surface area (Å²) in [6.45, 7) is 2.02. The Morgan fingerprint density at radius 3 is 2.39 bits per heavy atom. The molecule has 31 heavy (non-hydrogen) atoms. The fourth-order valence-electron chi connectivity index (χ4n) is 3.76. The van der Waals surface area contributed by atoms with Crippen LogP contribution in [-0.2, 0) is 13.1 Å². The molecule has 154 valence electrons. The van der Waals surface area contributed by atoms with Crippen LogP contribution in [-0.4, -0.2) is 29.0 Å². The van der Waals surface area contributed by atoms with Crippen LogP contribution in [0.3, 0.4) is 0 Å². The normalized spacial score (nSPS) is 12.5. The summed E-state index contributed by atoms with van der Waals surface area (Å²) in [5.74, 6) is 1.36. The third-order valence-electron chi connectivity index (χ3n) is 5.30. The first kappa shape index (κ1) is 19.1. The van der Waals surface area contributed by atoms with Crippen LogP contribution in [0.2, 0.25) is 0 Å². The van der Waals surface area contributed by atoms with E-state index in [0.717, 1.165) is 33.5 Å². The van der Waals surface area contributed by atoms with Crippen molar-refractivity contribution in [1.29, 1.82) is 0 Å². The summed E-state index contributed by atoms with van der Waals surface area (Å²) < 4.78 is 11.3. The first-order valence-corrected chi connectivity index (χ1v) is 10.3. The molecule has 5 nitrogen and oxygen atoms in total. The summed E-state index contributed by atoms with van der Waals surface area (Å²) in [5.41, 5.74) is 3.29. The third kappa shape index (κ3) is 4.21. The fourth-order valence-corrected chi connectivity index (χ4v) is 3.76. The molecule has 5 heteroatoms. The predicted molar refractivity (Wildman–Crippen MR) is 119 cm³/mol. The van der Waals surface area contributed by atoms with E-state index < -0.39 is 0 Å². The molecule has 1 aliphatic rings. The Morgan fingerprint density at radius 1 is 0.774 bits per heavy atom. The number of benzene rings is 3. The Kier molecular flexibility index (Phi) is 5.23. The van der Waals surface area contributed by atoms with E-state index in [1.165, 1.54) is 0 Å². The number of amides is 1. The van der Waals surface area contributed by atoms with Gasteiger partial charge in [-0.05, 0) is 35.4 Å². The van der Waals surface area contributed by atoms with Crippen molar-refractivity contribution in [2.24, 2.45) is 0 Å². The summed E-state index contributed by atoms with van der Waals surface area (Å²) in [6.07, 6.45) is 0. The van der Waals surface area contributed by atoms with Crippen molar-refractivity contribution < 1.29 is 14.3 Å². The lowest BCUT2D eigenvalue weighted by molar-refractivity contribution is 0.0724. The van der Waals surface area contributed by atoms with E-state index in [9.17, 15) is 4.79 Å². The van der Waals surface area contributed by atoms with E-state index in [-0.39, 0.29) is 5.91 Å². The van der Waals surface area contributed by atoms with Gasteiger partial charge in [0, 0.05) is 18.5 Å². The van der Waals surface area contributed by atoms with E-state index in [1.54, 1.807) is 6.07 Å². The Hall–Kier alpha value is -3.86. The van der Waals surface area contributed by atoms with Crippen molar-refractivity contribution in [1.82, 2.24) is 9.88 Å². The molecule has 1 amide bonds. The molecule has 0 saturated carbocycles. The molecule has 3 aromatic carbocycles. The maximum absolute atomic E-state index is 13.5. The highest BCUT2D eigenvalue weighted by Crippen LogP contribution is 2.31. The van der Waals surface area contributed by atoms with Crippen LogP contribution in [0.5, 0.6) is 11.5 Å². The van der Waals surface area contributed by atoms with Crippen molar-refractivity contribution in [2.75, 3.05) is 13.2 Å². The zero-order valence-electron chi connectivity index (χ0n) is 17.0. The summed E-state index contributed by atoms with van der Waals surface area (Å²) in [5, 5.41) is 1.01. The zero-order chi connectivity index (χ0) is 21.0. The number of carbonyl (C=O) groups excluding carboxylic acids is 1. The molecule has 0 N–H and O–H groups in total. The maximum Gasteiger partial charge on any atom is 0.273 e. The first-order chi connectivity index (χ1) is 15.3. The minimum atomic E-state index is -0.107.